The Labute approximate surface area is 157 Å². The number of hydrogen-bond donors (Lipinski definition) is 1. The lowest BCUT2D eigenvalue weighted by atomic mass is 9.78. The topological polar surface area (TPSA) is 45.2 Å². The molecule has 4 rings (SSSR count). The van der Waals surface area contributed by atoms with Crippen molar-refractivity contribution in [1.29, 1.82) is 0 Å². The molecule has 1 amide bonds. The highest BCUT2D eigenvalue weighted by molar-refractivity contribution is 5.95. The van der Waals surface area contributed by atoms with E-state index in [0.29, 0.717) is 6.04 Å². The molecule has 2 aliphatic heterocycles. The summed E-state index contributed by atoms with van der Waals surface area (Å²) < 4.78 is 28.2. The minimum absolute atomic E-state index is 0.212. The number of amides is 1. The van der Waals surface area contributed by atoms with Gasteiger partial charge in [0.25, 0.3) is 5.91 Å². The molecule has 27 heavy (non-hydrogen) atoms. The van der Waals surface area contributed by atoms with Crippen molar-refractivity contribution < 1.29 is 13.6 Å². The first-order valence-electron chi connectivity index (χ1n) is 9.48. The van der Waals surface area contributed by atoms with Gasteiger partial charge in [0.2, 0.25) is 0 Å². The van der Waals surface area contributed by atoms with Crippen molar-refractivity contribution in [2.75, 3.05) is 6.54 Å². The van der Waals surface area contributed by atoms with Gasteiger partial charge in [-0.25, -0.2) is 8.78 Å². The largest absolute Gasteiger partial charge is 0.343 e. The van der Waals surface area contributed by atoms with Crippen LogP contribution < -0.4 is 5.32 Å². The molecule has 142 valence electrons. The fraction of sp³-hybridized carbons (Fsp3) is 0.429. The number of nitrogens with zero attached hydrogens (tertiary/aromatic N) is 2. The lowest BCUT2D eigenvalue weighted by Crippen LogP contribution is -2.52. The van der Waals surface area contributed by atoms with E-state index in [1.165, 1.54) is 0 Å². The van der Waals surface area contributed by atoms with Crippen LogP contribution in [0.4, 0.5) is 8.78 Å². The maximum absolute atomic E-state index is 14.1. The molecule has 2 aliphatic rings. The van der Waals surface area contributed by atoms with Gasteiger partial charge in [-0.2, -0.15) is 0 Å². The molecular weight excluding hydrogens is 348 g/mol. The van der Waals surface area contributed by atoms with Crippen molar-refractivity contribution in [3.8, 4) is 0 Å². The highest BCUT2D eigenvalue weighted by Crippen LogP contribution is 2.52. The van der Waals surface area contributed by atoms with E-state index < -0.39 is 23.1 Å². The van der Waals surface area contributed by atoms with Crippen molar-refractivity contribution in [1.82, 2.24) is 15.2 Å². The van der Waals surface area contributed by atoms with Gasteiger partial charge in [0.15, 0.2) is 11.6 Å². The van der Waals surface area contributed by atoms with Gasteiger partial charge in [-0.05, 0) is 37.8 Å². The molecule has 1 atom stereocenters. The van der Waals surface area contributed by atoms with Gasteiger partial charge in [-0.1, -0.05) is 37.3 Å². The molecule has 0 spiro atoms. The number of aromatic nitrogens is 1. The molecule has 1 unspecified atom stereocenters. The molecule has 0 saturated carbocycles. The second-order valence-corrected chi connectivity index (χ2v) is 7.42. The quantitative estimate of drug-likeness (QED) is 0.868. The Bertz CT molecular complexity index is 814. The van der Waals surface area contributed by atoms with Crippen LogP contribution in [0.25, 0.3) is 0 Å². The number of fused-ring (bicyclic) bond motifs is 2. The SMILES string of the molecule is CCN1C2CCC1(C(NC(=O)c1c(F)cncc1F)c1ccccc1)CC2. The summed E-state index contributed by atoms with van der Waals surface area (Å²) in [4.78, 5) is 18.8. The smallest absolute Gasteiger partial charge is 0.257 e. The predicted octanol–water partition coefficient (Wildman–Crippen LogP) is 3.85. The fourth-order valence-electron chi connectivity index (χ4n) is 5.10. The molecule has 6 heteroatoms. The molecule has 2 bridgehead atoms. The van der Waals surface area contributed by atoms with Crippen LogP contribution in [0.3, 0.4) is 0 Å². The number of halogens is 2. The Balaban J connectivity index is 1.73. The van der Waals surface area contributed by atoms with Crippen molar-refractivity contribution in [3.63, 3.8) is 0 Å². The number of nitrogens with one attached hydrogen (secondary N) is 1. The molecule has 0 aliphatic carbocycles. The van der Waals surface area contributed by atoms with Gasteiger partial charge in [-0.15, -0.1) is 0 Å². The average molecular weight is 371 g/mol. The molecule has 2 aromatic rings. The molecule has 3 heterocycles. The standard InChI is InChI=1S/C21H23F2N3O/c1-2-26-15-8-10-21(26,11-9-15)19(14-6-4-3-5-7-14)25-20(27)18-16(22)12-24-13-17(18)23/h3-7,12-13,15,19H,2,8-11H2,1H3,(H,25,27). The third-order valence-corrected chi connectivity index (χ3v) is 6.20. The number of hydrogen-bond acceptors (Lipinski definition) is 3. The summed E-state index contributed by atoms with van der Waals surface area (Å²) in [6.45, 7) is 3.02. The van der Waals surface area contributed by atoms with Crippen molar-refractivity contribution >= 4 is 5.91 Å². The number of benzene rings is 1. The molecule has 1 N–H and O–H groups in total. The van der Waals surface area contributed by atoms with E-state index in [-0.39, 0.29) is 11.6 Å². The van der Waals surface area contributed by atoms with E-state index >= 15 is 0 Å². The first-order valence-corrected chi connectivity index (χ1v) is 9.48. The van der Waals surface area contributed by atoms with E-state index in [0.717, 1.165) is 50.2 Å². The predicted molar refractivity (Wildman–Crippen MR) is 98.2 cm³/mol. The summed E-state index contributed by atoms with van der Waals surface area (Å²) in [6, 6.07) is 9.91. The van der Waals surface area contributed by atoms with Gasteiger partial charge >= 0.3 is 0 Å². The Kier molecular flexibility index (Phi) is 4.68. The van der Waals surface area contributed by atoms with Crippen LogP contribution in [0, 0.1) is 11.6 Å². The van der Waals surface area contributed by atoms with Gasteiger partial charge in [0.05, 0.1) is 18.4 Å². The summed E-state index contributed by atoms with van der Waals surface area (Å²) >= 11 is 0. The second-order valence-electron chi connectivity index (χ2n) is 7.42. The van der Waals surface area contributed by atoms with Crippen molar-refractivity contribution in [2.45, 2.75) is 50.2 Å². The number of rotatable bonds is 5. The number of pyridine rings is 1. The fourth-order valence-corrected chi connectivity index (χ4v) is 5.10. The van der Waals surface area contributed by atoms with Crippen molar-refractivity contribution in [3.05, 3.63) is 65.5 Å². The molecule has 2 saturated heterocycles. The van der Waals surface area contributed by atoms with Gasteiger partial charge in [0.1, 0.15) is 5.56 Å². The zero-order valence-electron chi connectivity index (χ0n) is 15.3. The average Bonchev–Trinajstić information content (AvgIpc) is 3.22. The van der Waals surface area contributed by atoms with Gasteiger partial charge < -0.3 is 5.32 Å². The second kappa shape index (κ2) is 7.00. The third-order valence-electron chi connectivity index (χ3n) is 6.20. The first-order chi connectivity index (χ1) is 13.1. The number of carbonyl (C=O) groups is 1. The summed E-state index contributed by atoms with van der Waals surface area (Å²) in [5.74, 6) is -2.62. The lowest BCUT2D eigenvalue weighted by molar-refractivity contribution is 0.0789. The van der Waals surface area contributed by atoms with Crippen LogP contribution in [0.1, 0.15) is 54.6 Å². The summed E-state index contributed by atoms with van der Waals surface area (Å²) in [6.07, 6.45) is 5.84. The number of carbonyl (C=O) groups excluding carboxylic acids is 1. The highest BCUT2D eigenvalue weighted by atomic mass is 19.1. The van der Waals surface area contributed by atoms with E-state index in [9.17, 15) is 13.6 Å². The van der Waals surface area contributed by atoms with Crippen LogP contribution in [0.15, 0.2) is 42.7 Å². The van der Waals surface area contributed by atoms with Crippen LogP contribution in [-0.4, -0.2) is 33.9 Å². The van der Waals surface area contributed by atoms with Crippen LogP contribution in [0.5, 0.6) is 0 Å². The minimum atomic E-state index is -0.945. The maximum Gasteiger partial charge on any atom is 0.257 e. The molecular formula is C21H23F2N3O. The van der Waals surface area contributed by atoms with Gasteiger partial charge in [0, 0.05) is 11.6 Å². The first kappa shape index (κ1) is 18.0. The van der Waals surface area contributed by atoms with Crippen molar-refractivity contribution in [2.24, 2.45) is 0 Å². The summed E-state index contributed by atoms with van der Waals surface area (Å²) in [5.41, 5.74) is 0.177. The van der Waals surface area contributed by atoms with Gasteiger partial charge in [-0.3, -0.25) is 14.7 Å². The number of likely N-dealkylation sites (N-methyl/N-ethyl adjacent to an activating group) is 1. The Morgan fingerprint density at radius 1 is 1.22 bits per heavy atom. The molecule has 4 nitrogen and oxygen atoms in total. The molecule has 0 radical (unpaired) electrons. The van der Waals surface area contributed by atoms with E-state index in [1.807, 2.05) is 30.3 Å². The Morgan fingerprint density at radius 2 is 1.85 bits per heavy atom. The third kappa shape index (κ3) is 2.92. The van der Waals surface area contributed by atoms with E-state index in [2.05, 4.69) is 22.1 Å². The maximum atomic E-state index is 14.1. The van der Waals surface area contributed by atoms with Crippen LogP contribution >= 0.6 is 0 Å². The lowest BCUT2D eigenvalue weighted by Gasteiger charge is -2.42. The minimum Gasteiger partial charge on any atom is -0.343 e. The molecule has 1 aromatic heterocycles. The highest BCUT2D eigenvalue weighted by Gasteiger charge is 2.55. The van der Waals surface area contributed by atoms with Crippen LogP contribution in [0.2, 0.25) is 0 Å². The zero-order chi connectivity index (χ0) is 19.0. The van der Waals surface area contributed by atoms with Crippen LogP contribution in [-0.2, 0) is 0 Å². The molecule has 1 aromatic carbocycles. The summed E-state index contributed by atoms with van der Waals surface area (Å²) in [7, 11) is 0. The Hall–Kier alpha value is -2.34. The van der Waals surface area contributed by atoms with E-state index in [4.69, 9.17) is 0 Å². The van der Waals surface area contributed by atoms with E-state index in [1.54, 1.807) is 0 Å². The Morgan fingerprint density at radius 3 is 2.44 bits per heavy atom. The summed E-state index contributed by atoms with van der Waals surface area (Å²) in [5, 5.41) is 2.97. The normalized spacial score (nSPS) is 25.5. The zero-order valence-corrected chi connectivity index (χ0v) is 15.3. The monoisotopic (exact) mass is 371 g/mol. The molecule has 2 fully saturated rings.